The maximum Gasteiger partial charge on any atom is 0.255 e. The van der Waals surface area contributed by atoms with Crippen LogP contribution in [0.2, 0.25) is 5.02 Å². The van der Waals surface area contributed by atoms with Crippen LogP contribution >= 0.6 is 27.5 Å². The summed E-state index contributed by atoms with van der Waals surface area (Å²) >= 11 is 9.62. The number of anilines is 1. The lowest BCUT2D eigenvalue weighted by molar-refractivity contribution is 0.102. The zero-order valence-corrected chi connectivity index (χ0v) is 14.8. The number of furan rings is 1. The smallest absolute Gasteiger partial charge is 0.255 e. The van der Waals surface area contributed by atoms with Gasteiger partial charge in [-0.1, -0.05) is 27.5 Å². The molecule has 6 heteroatoms. The van der Waals surface area contributed by atoms with Gasteiger partial charge in [0, 0.05) is 21.3 Å². The van der Waals surface area contributed by atoms with E-state index in [1.807, 2.05) is 0 Å². The molecule has 0 radical (unpaired) electrons. The molecule has 4 nitrogen and oxygen atoms in total. The van der Waals surface area contributed by atoms with Crippen LogP contribution in [-0.2, 0) is 6.61 Å². The Kier molecular flexibility index (Phi) is 5.04. The topological polar surface area (TPSA) is 62.5 Å². The van der Waals surface area contributed by atoms with Crippen molar-refractivity contribution in [1.29, 1.82) is 0 Å². The van der Waals surface area contributed by atoms with E-state index in [1.54, 1.807) is 54.6 Å². The second-order valence-corrected chi connectivity index (χ2v) is 6.40. The molecule has 2 aromatic carbocycles. The van der Waals surface area contributed by atoms with E-state index in [4.69, 9.17) is 21.1 Å². The fourth-order valence-electron chi connectivity index (χ4n) is 2.20. The van der Waals surface area contributed by atoms with Crippen molar-refractivity contribution in [3.63, 3.8) is 0 Å². The molecule has 0 bridgehead atoms. The molecule has 24 heavy (non-hydrogen) atoms. The Morgan fingerprint density at radius 2 is 1.88 bits per heavy atom. The molecule has 0 aliphatic rings. The molecule has 1 aromatic heterocycles. The number of hydrogen-bond donors (Lipinski definition) is 2. The molecule has 1 heterocycles. The largest absolute Gasteiger partial charge is 0.459 e. The molecule has 3 rings (SSSR count). The first-order valence-corrected chi connectivity index (χ1v) is 8.30. The Balaban J connectivity index is 1.79. The van der Waals surface area contributed by atoms with Gasteiger partial charge in [-0.15, -0.1) is 0 Å². The number of amides is 1. The van der Waals surface area contributed by atoms with Gasteiger partial charge in [0.05, 0.1) is 5.02 Å². The fraction of sp³-hybridized carbons (Fsp3) is 0.0556. The van der Waals surface area contributed by atoms with Gasteiger partial charge >= 0.3 is 0 Å². The van der Waals surface area contributed by atoms with Crippen LogP contribution in [0, 0.1) is 0 Å². The first kappa shape index (κ1) is 16.8. The van der Waals surface area contributed by atoms with E-state index in [9.17, 15) is 4.79 Å². The third-order valence-corrected chi connectivity index (χ3v) is 4.26. The van der Waals surface area contributed by atoms with Gasteiger partial charge in [0.1, 0.15) is 18.1 Å². The lowest BCUT2D eigenvalue weighted by atomic mass is 10.1. The second kappa shape index (κ2) is 7.21. The molecule has 0 aliphatic carbocycles. The van der Waals surface area contributed by atoms with E-state index in [0.29, 0.717) is 33.4 Å². The SMILES string of the molecule is O=C(Nc1ccc(-c2ccc(CO)o2)c(Cl)c1)c1ccc(Br)cc1. The average molecular weight is 407 g/mol. The van der Waals surface area contributed by atoms with Crippen LogP contribution in [0.1, 0.15) is 16.1 Å². The summed E-state index contributed by atoms with van der Waals surface area (Å²) in [5.74, 6) is 0.815. The Labute approximate surface area is 152 Å². The van der Waals surface area contributed by atoms with Gasteiger partial charge in [-0.2, -0.15) is 0 Å². The molecule has 2 N–H and O–H groups in total. The highest BCUT2D eigenvalue weighted by Gasteiger charge is 2.11. The molecule has 0 atom stereocenters. The minimum absolute atomic E-state index is 0.168. The number of carbonyl (C=O) groups excluding carboxylic acids is 1. The molecule has 0 fully saturated rings. The maximum atomic E-state index is 12.2. The lowest BCUT2D eigenvalue weighted by Crippen LogP contribution is -2.11. The van der Waals surface area contributed by atoms with E-state index in [1.165, 1.54) is 0 Å². The van der Waals surface area contributed by atoms with Gasteiger partial charge in [-0.05, 0) is 54.6 Å². The van der Waals surface area contributed by atoms with E-state index in [2.05, 4.69) is 21.2 Å². The minimum Gasteiger partial charge on any atom is -0.459 e. The number of halogens is 2. The number of carbonyl (C=O) groups is 1. The van der Waals surface area contributed by atoms with Gasteiger partial charge in [-0.25, -0.2) is 0 Å². The normalized spacial score (nSPS) is 10.6. The first-order valence-electron chi connectivity index (χ1n) is 7.13. The average Bonchev–Trinajstić information content (AvgIpc) is 3.04. The van der Waals surface area contributed by atoms with E-state index < -0.39 is 0 Å². The molecular formula is C18H13BrClNO3. The summed E-state index contributed by atoms with van der Waals surface area (Å²) in [4.78, 5) is 12.2. The summed E-state index contributed by atoms with van der Waals surface area (Å²) in [6.07, 6.45) is 0. The number of aliphatic hydroxyl groups is 1. The summed E-state index contributed by atoms with van der Waals surface area (Å²) in [6, 6.07) is 15.7. The van der Waals surface area contributed by atoms with Crippen molar-refractivity contribution in [1.82, 2.24) is 0 Å². The number of benzene rings is 2. The minimum atomic E-state index is -0.216. The van der Waals surface area contributed by atoms with Crippen LogP contribution < -0.4 is 5.32 Å². The van der Waals surface area contributed by atoms with Crippen LogP contribution in [0.15, 0.2) is 63.5 Å². The summed E-state index contributed by atoms with van der Waals surface area (Å²) in [5.41, 5.74) is 1.83. The number of aliphatic hydroxyl groups excluding tert-OH is 1. The maximum absolute atomic E-state index is 12.2. The molecule has 0 aliphatic heterocycles. The third kappa shape index (κ3) is 3.70. The molecule has 0 saturated carbocycles. The third-order valence-electron chi connectivity index (χ3n) is 3.42. The van der Waals surface area contributed by atoms with E-state index in [-0.39, 0.29) is 12.5 Å². The summed E-state index contributed by atoms with van der Waals surface area (Å²) in [5, 5.41) is 12.3. The molecule has 122 valence electrons. The Bertz CT molecular complexity index is 874. The van der Waals surface area contributed by atoms with Gasteiger partial charge < -0.3 is 14.8 Å². The number of hydrogen-bond acceptors (Lipinski definition) is 3. The second-order valence-electron chi connectivity index (χ2n) is 5.08. The fourth-order valence-corrected chi connectivity index (χ4v) is 2.74. The zero-order chi connectivity index (χ0) is 17.1. The highest BCUT2D eigenvalue weighted by atomic mass is 79.9. The van der Waals surface area contributed by atoms with Crippen LogP contribution in [0.5, 0.6) is 0 Å². The standard InChI is InChI=1S/C18H13BrClNO3/c19-12-3-1-11(2-4-12)18(23)21-13-5-7-15(16(20)9-13)17-8-6-14(10-22)24-17/h1-9,22H,10H2,(H,21,23). The molecule has 0 saturated heterocycles. The molecular weight excluding hydrogens is 394 g/mol. The van der Waals surface area contributed by atoms with Crippen molar-refractivity contribution in [2.75, 3.05) is 5.32 Å². The predicted molar refractivity (Wildman–Crippen MR) is 97.2 cm³/mol. The van der Waals surface area contributed by atoms with Gasteiger partial charge in [0.25, 0.3) is 5.91 Å². The monoisotopic (exact) mass is 405 g/mol. The summed E-state index contributed by atoms with van der Waals surface area (Å²) in [6.45, 7) is -0.168. The first-order chi connectivity index (χ1) is 11.6. The highest BCUT2D eigenvalue weighted by Crippen LogP contribution is 2.31. The van der Waals surface area contributed by atoms with Crippen molar-refractivity contribution in [2.45, 2.75) is 6.61 Å². The molecule has 0 spiro atoms. The lowest BCUT2D eigenvalue weighted by Gasteiger charge is -2.08. The van der Waals surface area contributed by atoms with Gasteiger partial charge in [0.15, 0.2) is 0 Å². The zero-order valence-electron chi connectivity index (χ0n) is 12.4. The quantitative estimate of drug-likeness (QED) is 0.633. The highest BCUT2D eigenvalue weighted by molar-refractivity contribution is 9.10. The number of nitrogens with one attached hydrogen (secondary N) is 1. The van der Waals surface area contributed by atoms with Crippen molar-refractivity contribution in [3.05, 3.63) is 75.4 Å². The summed E-state index contributed by atoms with van der Waals surface area (Å²) < 4.78 is 6.38. The van der Waals surface area contributed by atoms with Gasteiger partial charge in [0.2, 0.25) is 0 Å². The summed E-state index contributed by atoms with van der Waals surface area (Å²) in [7, 11) is 0. The van der Waals surface area contributed by atoms with Crippen molar-refractivity contribution >= 4 is 39.1 Å². The van der Waals surface area contributed by atoms with Crippen molar-refractivity contribution in [3.8, 4) is 11.3 Å². The van der Waals surface area contributed by atoms with E-state index >= 15 is 0 Å². The van der Waals surface area contributed by atoms with Crippen molar-refractivity contribution in [2.24, 2.45) is 0 Å². The Hall–Kier alpha value is -2.08. The Morgan fingerprint density at radius 3 is 2.50 bits per heavy atom. The van der Waals surface area contributed by atoms with E-state index in [0.717, 1.165) is 4.47 Å². The predicted octanol–water partition coefficient (Wildman–Crippen LogP) is 5.11. The van der Waals surface area contributed by atoms with Crippen molar-refractivity contribution < 1.29 is 14.3 Å². The van der Waals surface area contributed by atoms with Crippen LogP contribution in [-0.4, -0.2) is 11.0 Å². The molecule has 1 amide bonds. The number of rotatable bonds is 4. The Morgan fingerprint density at radius 1 is 1.12 bits per heavy atom. The van der Waals surface area contributed by atoms with Crippen LogP contribution in [0.4, 0.5) is 5.69 Å². The van der Waals surface area contributed by atoms with Crippen LogP contribution in [0.3, 0.4) is 0 Å². The molecule has 0 unspecified atom stereocenters. The van der Waals surface area contributed by atoms with Crippen LogP contribution in [0.25, 0.3) is 11.3 Å². The van der Waals surface area contributed by atoms with Gasteiger partial charge in [-0.3, -0.25) is 4.79 Å². The molecule has 3 aromatic rings.